The SMILES string of the molecule is Cc1c(C(=O)NCC(=O)Nc2ccc(Cl)cc2)cnn1-c1ccc(Br)cc1. The van der Waals surface area contributed by atoms with Crippen molar-refractivity contribution in [2.45, 2.75) is 6.92 Å². The van der Waals surface area contributed by atoms with Gasteiger partial charge in [-0.05, 0) is 55.5 Å². The van der Waals surface area contributed by atoms with E-state index >= 15 is 0 Å². The van der Waals surface area contributed by atoms with Gasteiger partial charge in [-0.3, -0.25) is 9.59 Å². The lowest BCUT2D eigenvalue weighted by atomic mass is 10.2. The van der Waals surface area contributed by atoms with Gasteiger partial charge in [0, 0.05) is 15.2 Å². The Hall–Kier alpha value is -2.64. The standard InChI is InChI=1S/C19H16BrClN4O2/c1-12-17(10-23-25(12)16-8-2-13(20)3-9-16)19(27)22-11-18(26)24-15-6-4-14(21)5-7-15/h2-10H,11H2,1H3,(H,22,27)(H,24,26). The molecule has 0 saturated heterocycles. The van der Waals surface area contributed by atoms with Crippen LogP contribution in [0.15, 0.2) is 59.2 Å². The lowest BCUT2D eigenvalue weighted by Gasteiger charge is -2.08. The van der Waals surface area contributed by atoms with Crippen LogP contribution in [0.1, 0.15) is 16.1 Å². The summed E-state index contributed by atoms with van der Waals surface area (Å²) < 4.78 is 2.63. The van der Waals surface area contributed by atoms with Crippen molar-refractivity contribution in [1.82, 2.24) is 15.1 Å². The van der Waals surface area contributed by atoms with E-state index in [1.54, 1.807) is 35.9 Å². The second kappa shape index (κ2) is 8.37. The van der Waals surface area contributed by atoms with Crippen LogP contribution in [-0.2, 0) is 4.79 Å². The highest BCUT2D eigenvalue weighted by Gasteiger charge is 2.16. The third-order valence-corrected chi connectivity index (χ3v) is 4.64. The maximum Gasteiger partial charge on any atom is 0.255 e. The molecule has 3 aromatic rings. The van der Waals surface area contributed by atoms with Crippen LogP contribution in [0.25, 0.3) is 5.69 Å². The van der Waals surface area contributed by atoms with Gasteiger partial charge in [-0.2, -0.15) is 5.10 Å². The van der Waals surface area contributed by atoms with E-state index in [-0.39, 0.29) is 18.4 Å². The summed E-state index contributed by atoms with van der Waals surface area (Å²) in [7, 11) is 0. The highest BCUT2D eigenvalue weighted by Crippen LogP contribution is 2.17. The number of nitrogens with zero attached hydrogens (tertiary/aromatic N) is 2. The molecule has 0 radical (unpaired) electrons. The lowest BCUT2D eigenvalue weighted by Crippen LogP contribution is -2.33. The molecule has 0 spiro atoms. The van der Waals surface area contributed by atoms with Crippen molar-refractivity contribution in [3.63, 3.8) is 0 Å². The van der Waals surface area contributed by atoms with Gasteiger partial charge < -0.3 is 10.6 Å². The molecule has 1 aromatic heterocycles. The molecule has 27 heavy (non-hydrogen) atoms. The van der Waals surface area contributed by atoms with Crippen molar-refractivity contribution in [2.24, 2.45) is 0 Å². The molecule has 6 nitrogen and oxygen atoms in total. The Kier molecular flexibility index (Phi) is 5.93. The first-order valence-electron chi connectivity index (χ1n) is 8.08. The molecule has 3 rings (SSSR count). The Morgan fingerprint density at radius 3 is 2.44 bits per heavy atom. The van der Waals surface area contributed by atoms with Gasteiger partial charge in [0.25, 0.3) is 5.91 Å². The number of hydrogen-bond acceptors (Lipinski definition) is 3. The number of rotatable bonds is 5. The maximum atomic E-state index is 12.4. The number of nitrogens with one attached hydrogen (secondary N) is 2. The zero-order valence-electron chi connectivity index (χ0n) is 14.4. The maximum absolute atomic E-state index is 12.4. The molecular formula is C19H16BrClN4O2. The number of benzene rings is 2. The van der Waals surface area contributed by atoms with E-state index in [9.17, 15) is 9.59 Å². The largest absolute Gasteiger partial charge is 0.343 e. The molecule has 0 atom stereocenters. The van der Waals surface area contributed by atoms with E-state index in [4.69, 9.17) is 11.6 Å². The molecule has 1 heterocycles. The van der Waals surface area contributed by atoms with Gasteiger partial charge in [0.1, 0.15) is 0 Å². The molecule has 2 N–H and O–H groups in total. The molecule has 0 bridgehead atoms. The van der Waals surface area contributed by atoms with Gasteiger partial charge in [-0.1, -0.05) is 27.5 Å². The predicted molar refractivity (Wildman–Crippen MR) is 108 cm³/mol. The fraction of sp³-hybridized carbons (Fsp3) is 0.105. The number of carbonyl (C=O) groups is 2. The predicted octanol–water partition coefficient (Wildman–Crippen LogP) is 3.97. The highest BCUT2D eigenvalue weighted by molar-refractivity contribution is 9.10. The monoisotopic (exact) mass is 446 g/mol. The van der Waals surface area contributed by atoms with Crippen molar-refractivity contribution in [2.75, 3.05) is 11.9 Å². The summed E-state index contributed by atoms with van der Waals surface area (Å²) in [5.41, 5.74) is 2.55. The first kappa shape index (κ1) is 19.1. The Labute approximate surface area is 169 Å². The molecule has 0 aliphatic heterocycles. The number of carbonyl (C=O) groups excluding carboxylic acids is 2. The first-order valence-corrected chi connectivity index (χ1v) is 9.25. The fourth-order valence-electron chi connectivity index (χ4n) is 2.47. The summed E-state index contributed by atoms with van der Waals surface area (Å²) >= 11 is 9.20. The Bertz CT molecular complexity index is 968. The Morgan fingerprint density at radius 2 is 1.78 bits per heavy atom. The van der Waals surface area contributed by atoms with Crippen LogP contribution in [0.3, 0.4) is 0 Å². The zero-order valence-corrected chi connectivity index (χ0v) is 16.7. The van der Waals surface area contributed by atoms with Crippen LogP contribution in [0.5, 0.6) is 0 Å². The summed E-state index contributed by atoms with van der Waals surface area (Å²) in [4.78, 5) is 24.4. The molecular weight excluding hydrogens is 432 g/mol. The quantitative estimate of drug-likeness (QED) is 0.621. The van der Waals surface area contributed by atoms with Gasteiger partial charge in [-0.25, -0.2) is 4.68 Å². The number of anilines is 1. The number of amides is 2. The third-order valence-electron chi connectivity index (χ3n) is 3.86. The first-order chi connectivity index (χ1) is 12.9. The molecule has 138 valence electrons. The van der Waals surface area contributed by atoms with Crippen LogP contribution >= 0.6 is 27.5 Å². The molecule has 0 saturated carbocycles. The zero-order chi connectivity index (χ0) is 19.4. The van der Waals surface area contributed by atoms with E-state index in [2.05, 4.69) is 31.7 Å². The van der Waals surface area contributed by atoms with Gasteiger partial charge in [-0.15, -0.1) is 0 Å². The Balaban J connectivity index is 1.62. The smallest absolute Gasteiger partial charge is 0.255 e. The molecule has 0 aliphatic rings. The number of hydrogen-bond donors (Lipinski definition) is 2. The second-order valence-electron chi connectivity index (χ2n) is 5.77. The number of halogens is 2. The topological polar surface area (TPSA) is 76.0 Å². The minimum absolute atomic E-state index is 0.148. The number of aromatic nitrogens is 2. The van der Waals surface area contributed by atoms with Crippen LogP contribution in [0.2, 0.25) is 5.02 Å². The molecule has 0 unspecified atom stereocenters. The molecule has 2 aromatic carbocycles. The van der Waals surface area contributed by atoms with Crippen molar-refractivity contribution in [3.8, 4) is 5.69 Å². The normalized spacial score (nSPS) is 10.5. The van der Waals surface area contributed by atoms with Crippen LogP contribution in [0, 0.1) is 6.92 Å². The average molecular weight is 448 g/mol. The van der Waals surface area contributed by atoms with Crippen LogP contribution < -0.4 is 10.6 Å². The minimum Gasteiger partial charge on any atom is -0.343 e. The second-order valence-corrected chi connectivity index (χ2v) is 7.12. The van der Waals surface area contributed by atoms with Crippen LogP contribution in [-0.4, -0.2) is 28.1 Å². The minimum atomic E-state index is -0.359. The molecule has 8 heteroatoms. The van der Waals surface area contributed by atoms with Gasteiger partial charge in [0.05, 0.1) is 29.7 Å². The fourth-order valence-corrected chi connectivity index (χ4v) is 2.86. The van der Waals surface area contributed by atoms with Crippen molar-refractivity contribution >= 4 is 45.0 Å². The van der Waals surface area contributed by atoms with E-state index in [1.165, 1.54) is 6.20 Å². The van der Waals surface area contributed by atoms with E-state index < -0.39 is 0 Å². The van der Waals surface area contributed by atoms with Crippen molar-refractivity contribution in [3.05, 3.63) is 75.5 Å². The average Bonchev–Trinajstić information content (AvgIpc) is 3.04. The third kappa shape index (κ3) is 4.75. The summed E-state index contributed by atoms with van der Waals surface area (Å²) in [6.45, 7) is 1.65. The van der Waals surface area contributed by atoms with Crippen LogP contribution in [0.4, 0.5) is 5.69 Å². The Morgan fingerprint density at radius 1 is 1.11 bits per heavy atom. The van der Waals surface area contributed by atoms with Gasteiger partial charge >= 0.3 is 0 Å². The molecule has 0 aliphatic carbocycles. The van der Waals surface area contributed by atoms with E-state index in [1.807, 2.05) is 24.3 Å². The van der Waals surface area contributed by atoms with Crippen molar-refractivity contribution in [1.29, 1.82) is 0 Å². The van der Waals surface area contributed by atoms with E-state index in [0.29, 0.717) is 22.0 Å². The summed E-state index contributed by atoms with van der Waals surface area (Å²) in [5, 5.41) is 10.1. The molecule has 2 amide bonds. The van der Waals surface area contributed by atoms with Gasteiger partial charge in [0.2, 0.25) is 5.91 Å². The highest BCUT2D eigenvalue weighted by atomic mass is 79.9. The van der Waals surface area contributed by atoms with E-state index in [0.717, 1.165) is 10.2 Å². The summed E-state index contributed by atoms with van der Waals surface area (Å²) in [6, 6.07) is 14.3. The lowest BCUT2D eigenvalue weighted by molar-refractivity contribution is -0.115. The van der Waals surface area contributed by atoms with Gasteiger partial charge in [0.15, 0.2) is 0 Å². The summed E-state index contributed by atoms with van der Waals surface area (Å²) in [6.07, 6.45) is 1.49. The summed E-state index contributed by atoms with van der Waals surface area (Å²) in [5.74, 6) is -0.689. The van der Waals surface area contributed by atoms with Crippen molar-refractivity contribution < 1.29 is 9.59 Å². The molecule has 0 fully saturated rings.